The monoisotopic (exact) mass is 540 g/mol. The maximum absolute atomic E-state index is 13.1. The van der Waals surface area contributed by atoms with Crippen LogP contribution < -0.4 is 10.9 Å². The largest absolute Gasteiger partial charge is 0.365 e. The van der Waals surface area contributed by atoms with E-state index in [1.165, 1.54) is 39.0 Å². The van der Waals surface area contributed by atoms with Gasteiger partial charge in [-0.2, -0.15) is 15.0 Å². The lowest BCUT2D eigenvalue weighted by molar-refractivity contribution is 0.0752. The Morgan fingerprint density at radius 1 is 1.25 bits per heavy atom. The molecule has 0 atom stereocenters. The molecule has 0 saturated heterocycles. The fraction of sp³-hybridized carbons (Fsp3) is 0.250. The van der Waals surface area contributed by atoms with Crippen LogP contribution in [0, 0.1) is 16.7 Å². The number of nitriles is 1. The van der Waals surface area contributed by atoms with Gasteiger partial charge in [0.25, 0.3) is 11.5 Å². The SMILES string of the molecule is CC(C)(C)C(=O)n1nc(-c2cc(=O)n(CC(=O)c3cnsc3)cc2C#N)cc1NCc1ccc(Cl)s1. The minimum Gasteiger partial charge on any atom is -0.365 e. The van der Waals surface area contributed by atoms with Gasteiger partial charge in [-0.05, 0) is 23.7 Å². The predicted molar refractivity (Wildman–Crippen MR) is 140 cm³/mol. The zero-order valence-corrected chi connectivity index (χ0v) is 22.0. The highest BCUT2D eigenvalue weighted by Crippen LogP contribution is 2.28. The maximum Gasteiger partial charge on any atom is 0.254 e. The van der Waals surface area contributed by atoms with Crippen LogP contribution in [0.3, 0.4) is 0 Å². The van der Waals surface area contributed by atoms with E-state index >= 15 is 0 Å². The van der Waals surface area contributed by atoms with Gasteiger partial charge in [-0.25, -0.2) is 4.37 Å². The van der Waals surface area contributed by atoms with Crippen molar-refractivity contribution < 1.29 is 9.59 Å². The van der Waals surface area contributed by atoms with E-state index in [1.54, 1.807) is 38.3 Å². The number of halogens is 1. The third-order valence-electron chi connectivity index (χ3n) is 5.21. The molecule has 0 saturated carbocycles. The van der Waals surface area contributed by atoms with Crippen molar-refractivity contribution in [2.75, 3.05) is 5.32 Å². The molecule has 0 aliphatic carbocycles. The molecule has 184 valence electrons. The molecule has 0 aliphatic heterocycles. The molecular weight excluding hydrogens is 520 g/mol. The van der Waals surface area contributed by atoms with Gasteiger partial charge in [0.2, 0.25) is 0 Å². The number of thiophene rings is 1. The second kappa shape index (κ2) is 10.2. The highest BCUT2D eigenvalue weighted by molar-refractivity contribution is 7.16. The van der Waals surface area contributed by atoms with Gasteiger partial charge in [0.05, 0.1) is 40.4 Å². The second-order valence-electron chi connectivity index (χ2n) is 8.96. The molecule has 36 heavy (non-hydrogen) atoms. The van der Waals surface area contributed by atoms with Gasteiger partial charge >= 0.3 is 0 Å². The number of anilines is 1. The first kappa shape index (κ1) is 25.5. The fourth-order valence-corrected chi connectivity index (χ4v) is 4.89. The summed E-state index contributed by atoms with van der Waals surface area (Å²) >= 11 is 8.58. The van der Waals surface area contributed by atoms with Crippen LogP contribution in [0.4, 0.5) is 5.82 Å². The van der Waals surface area contributed by atoms with E-state index < -0.39 is 11.0 Å². The zero-order chi connectivity index (χ0) is 26.0. The zero-order valence-electron chi connectivity index (χ0n) is 19.6. The number of ketones is 1. The number of hydrogen-bond donors (Lipinski definition) is 1. The van der Waals surface area contributed by atoms with Crippen LogP contribution in [0.2, 0.25) is 4.34 Å². The summed E-state index contributed by atoms with van der Waals surface area (Å²) in [6, 6.07) is 8.63. The molecule has 4 heterocycles. The Hall–Kier alpha value is -3.59. The number of Topliss-reactive ketones (excluding diaryl/α,β-unsaturated/α-hetero) is 1. The number of nitrogens with zero attached hydrogens (tertiary/aromatic N) is 5. The molecule has 0 unspecified atom stereocenters. The highest BCUT2D eigenvalue weighted by atomic mass is 35.5. The maximum atomic E-state index is 13.1. The molecule has 1 N–H and O–H groups in total. The molecule has 0 fully saturated rings. The van der Waals surface area contributed by atoms with Crippen LogP contribution in [0.1, 0.15) is 46.4 Å². The summed E-state index contributed by atoms with van der Waals surface area (Å²) in [5.74, 6) is -0.132. The molecule has 0 bridgehead atoms. The molecule has 0 radical (unpaired) electrons. The van der Waals surface area contributed by atoms with Gasteiger partial charge in [0, 0.05) is 39.6 Å². The normalized spacial score (nSPS) is 11.3. The summed E-state index contributed by atoms with van der Waals surface area (Å²) in [5, 5.41) is 19.1. The Morgan fingerprint density at radius 2 is 2.03 bits per heavy atom. The van der Waals surface area contributed by atoms with Gasteiger partial charge in [-0.15, -0.1) is 11.3 Å². The minimum atomic E-state index is -0.732. The first-order valence-electron chi connectivity index (χ1n) is 10.8. The standard InChI is InChI=1S/C24H21ClN6O3S2/c1-24(2,3)23(34)31-21(27-10-16-4-5-20(25)36-16)7-18(29-31)17-6-22(33)30(11-14(17)8-26)12-19(32)15-9-28-35-13-15/h4-7,9,11,13,27H,10,12H2,1-3H3. The fourth-order valence-electron chi connectivity index (χ4n) is 3.32. The topological polar surface area (TPSA) is 123 Å². The molecule has 4 aromatic rings. The van der Waals surface area contributed by atoms with Crippen LogP contribution in [0.15, 0.2) is 46.8 Å². The molecule has 9 nitrogen and oxygen atoms in total. The number of carbonyl (C=O) groups is 2. The van der Waals surface area contributed by atoms with E-state index in [0.29, 0.717) is 22.3 Å². The summed E-state index contributed by atoms with van der Waals surface area (Å²) in [4.78, 5) is 39.4. The smallest absolute Gasteiger partial charge is 0.254 e. The highest BCUT2D eigenvalue weighted by Gasteiger charge is 2.27. The summed E-state index contributed by atoms with van der Waals surface area (Å²) in [6.45, 7) is 5.52. The van der Waals surface area contributed by atoms with Crippen molar-refractivity contribution >= 4 is 52.0 Å². The van der Waals surface area contributed by atoms with Crippen molar-refractivity contribution in [3.8, 4) is 17.3 Å². The summed E-state index contributed by atoms with van der Waals surface area (Å²) in [6.07, 6.45) is 2.77. The molecule has 4 rings (SSSR count). The van der Waals surface area contributed by atoms with Crippen molar-refractivity contribution in [1.82, 2.24) is 18.7 Å². The van der Waals surface area contributed by atoms with E-state index in [4.69, 9.17) is 11.6 Å². The molecule has 4 aromatic heterocycles. The van der Waals surface area contributed by atoms with Crippen LogP contribution in [-0.2, 0) is 13.1 Å². The van der Waals surface area contributed by atoms with Crippen LogP contribution in [0.5, 0.6) is 0 Å². The Bertz CT molecular complexity index is 1540. The average molecular weight is 541 g/mol. The molecule has 0 amide bonds. The lowest BCUT2D eigenvalue weighted by Gasteiger charge is -2.18. The van der Waals surface area contributed by atoms with E-state index in [1.807, 2.05) is 6.07 Å². The third kappa shape index (κ3) is 5.46. The number of aromatic nitrogens is 4. The number of rotatable bonds is 7. The van der Waals surface area contributed by atoms with Crippen LogP contribution in [-0.4, -0.2) is 30.4 Å². The molecule has 12 heteroatoms. The van der Waals surface area contributed by atoms with Gasteiger partial charge in [0.15, 0.2) is 5.78 Å². The van der Waals surface area contributed by atoms with Gasteiger partial charge in [-0.1, -0.05) is 32.4 Å². The van der Waals surface area contributed by atoms with Crippen LogP contribution >= 0.6 is 34.5 Å². The summed E-state index contributed by atoms with van der Waals surface area (Å²) in [5.41, 5.74) is -0.101. The van der Waals surface area contributed by atoms with E-state index in [-0.39, 0.29) is 35.1 Å². The summed E-state index contributed by atoms with van der Waals surface area (Å²) < 4.78 is 6.99. The first-order valence-corrected chi connectivity index (χ1v) is 12.8. The molecule has 0 aromatic carbocycles. The average Bonchev–Trinajstić information content (AvgIpc) is 3.58. The minimum absolute atomic E-state index is 0.148. The quantitative estimate of drug-likeness (QED) is 0.329. The van der Waals surface area contributed by atoms with Crippen LogP contribution in [0.25, 0.3) is 11.3 Å². The molecule has 0 spiro atoms. The van der Waals surface area contributed by atoms with Crippen molar-refractivity contribution in [2.24, 2.45) is 5.41 Å². The summed E-state index contributed by atoms with van der Waals surface area (Å²) in [7, 11) is 0. The van der Waals surface area contributed by atoms with E-state index in [0.717, 1.165) is 16.4 Å². The first-order chi connectivity index (χ1) is 17.1. The van der Waals surface area contributed by atoms with Gasteiger partial charge in [-0.3, -0.25) is 14.4 Å². The molecular formula is C24H21ClN6O3S2. The second-order valence-corrected chi connectivity index (χ2v) is 11.4. The number of carbonyl (C=O) groups excluding carboxylic acids is 2. The number of pyridine rings is 1. The van der Waals surface area contributed by atoms with Gasteiger partial charge < -0.3 is 9.88 Å². The Labute approximate surface area is 219 Å². The van der Waals surface area contributed by atoms with Crippen molar-refractivity contribution in [3.63, 3.8) is 0 Å². The van der Waals surface area contributed by atoms with Gasteiger partial charge in [0.1, 0.15) is 11.9 Å². The van der Waals surface area contributed by atoms with Crippen molar-refractivity contribution in [2.45, 2.75) is 33.9 Å². The molecule has 0 aliphatic rings. The lowest BCUT2D eigenvalue weighted by Crippen LogP contribution is -2.28. The van der Waals surface area contributed by atoms with E-state index in [2.05, 4.69) is 20.9 Å². The van der Waals surface area contributed by atoms with Crippen molar-refractivity contribution in [1.29, 1.82) is 5.26 Å². The van der Waals surface area contributed by atoms with Crippen molar-refractivity contribution in [3.05, 3.63) is 72.7 Å². The predicted octanol–water partition coefficient (Wildman–Crippen LogP) is 4.94. The number of nitrogens with one attached hydrogen (secondary N) is 1. The Kier molecular flexibility index (Phi) is 7.21. The Morgan fingerprint density at radius 3 is 2.64 bits per heavy atom. The number of hydrogen-bond acceptors (Lipinski definition) is 9. The lowest BCUT2D eigenvalue weighted by atomic mass is 9.96. The van der Waals surface area contributed by atoms with E-state index in [9.17, 15) is 19.6 Å². The third-order valence-corrected chi connectivity index (χ3v) is 7.02. The Balaban J connectivity index is 1.71.